The van der Waals surface area contributed by atoms with Gasteiger partial charge in [0.2, 0.25) is 5.91 Å². The fraction of sp³-hybridized carbons (Fsp3) is 0.417. The Hall–Kier alpha value is -1.74. The summed E-state index contributed by atoms with van der Waals surface area (Å²) < 4.78 is 13.6. The zero-order valence-electron chi connectivity index (χ0n) is 11.1. The summed E-state index contributed by atoms with van der Waals surface area (Å²) in [6, 6.07) is 2.33. The van der Waals surface area contributed by atoms with E-state index >= 15 is 0 Å². The first-order valence-electron chi connectivity index (χ1n) is 6.27. The Morgan fingerprint density at radius 2 is 2.00 bits per heavy atom. The number of nitro groups is 1. The van der Waals surface area contributed by atoms with Gasteiger partial charge < -0.3 is 10.6 Å². The smallest absolute Gasteiger partial charge is 0.295 e. The van der Waals surface area contributed by atoms with E-state index in [-0.39, 0.29) is 16.7 Å². The molecule has 9 heteroatoms. The Bertz CT molecular complexity index is 576. The zero-order chi connectivity index (χ0) is 15.6. The molecule has 0 unspecified atom stereocenters. The van der Waals surface area contributed by atoms with Crippen LogP contribution in [0.4, 0.5) is 15.8 Å². The highest BCUT2D eigenvalue weighted by Crippen LogP contribution is 2.33. The van der Waals surface area contributed by atoms with Crippen LogP contribution in [0.5, 0.6) is 0 Å². The van der Waals surface area contributed by atoms with Crippen LogP contribution in [0, 0.1) is 15.9 Å². The highest BCUT2D eigenvalue weighted by Gasteiger charge is 2.25. The lowest BCUT2D eigenvalue weighted by Crippen LogP contribution is -2.49. The quantitative estimate of drug-likeness (QED) is 0.641. The van der Waals surface area contributed by atoms with Gasteiger partial charge in [-0.05, 0) is 22.0 Å². The second-order valence-electron chi connectivity index (χ2n) is 4.74. The molecule has 1 fully saturated rings. The second-order valence-corrected chi connectivity index (χ2v) is 5.60. The van der Waals surface area contributed by atoms with E-state index in [0.29, 0.717) is 31.9 Å². The van der Waals surface area contributed by atoms with E-state index in [2.05, 4.69) is 15.9 Å². The maximum Gasteiger partial charge on any atom is 0.295 e. The van der Waals surface area contributed by atoms with Crippen molar-refractivity contribution in [1.29, 1.82) is 0 Å². The molecule has 0 aromatic heterocycles. The number of rotatable bonds is 4. The molecule has 2 rings (SSSR count). The van der Waals surface area contributed by atoms with Crippen molar-refractivity contribution in [3.63, 3.8) is 0 Å². The number of halogens is 2. The maximum atomic E-state index is 13.5. The first kappa shape index (κ1) is 15.6. The van der Waals surface area contributed by atoms with Crippen LogP contribution in [-0.2, 0) is 4.79 Å². The molecule has 1 aromatic rings. The van der Waals surface area contributed by atoms with Crippen molar-refractivity contribution in [3.8, 4) is 0 Å². The number of amides is 1. The van der Waals surface area contributed by atoms with E-state index in [9.17, 15) is 19.3 Å². The minimum atomic E-state index is -0.669. The molecule has 1 heterocycles. The van der Waals surface area contributed by atoms with Gasteiger partial charge in [-0.15, -0.1) is 0 Å². The van der Waals surface area contributed by atoms with Gasteiger partial charge in [-0.2, -0.15) is 0 Å². The second kappa shape index (κ2) is 6.35. The molecule has 1 saturated heterocycles. The van der Waals surface area contributed by atoms with Crippen molar-refractivity contribution in [1.82, 2.24) is 4.90 Å². The van der Waals surface area contributed by atoms with Gasteiger partial charge >= 0.3 is 0 Å². The zero-order valence-corrected chi connectivity index (χ0v) is 12.7. The molecule has 0 atom stereocenters. The fourth-order valence-electron chi connectivity index (χ4n) is 2.29. The molecule has 1 amide bonds. The molecule has 2 N–H and O–H groups in total. The van der Waals surface area contributed by atoms with E-state index in [0.717, 1.165) is 6.07 Å². The van der Waals surface area contributed by atoms with Gasteiger partial charge in [0, 0.05) is 26.2 Å². The van der Waals surface area contributed by atoms with E-state index in [1.807, 2.05) is 4.90 Å². The number of carbonyl (C=O) groups is 1. The van der Waals surface area contributed by atoms with E-state index in [4.69, 9.17) is 5.73 Å². The molecule has 7 nitrogen and oxygen atoms in total. The average Bonchev–Trinajstić information content (AvgIpc) is 2.41. The number of nitrogens with two attached hydrogens (primary N) is 1. The predicted octanol–water partition coefficient (Wildman–Crippen LogP) is 1.10. The summed E-state index contributed by atoms with van der Waals surface area (Å²) in [5.74, 6) is -1.07. The van der Waals surface area contributed by atoms with E-state index < -0.39 is 16.6 Å². The largest absolute Gasteiger partial charge is 0.369 e. The Balaban J connectivity index is 2.18. The lowest BCUT2D eigenvalue weighted by molar-refractivity contribution is -0.384. The van der Waals surface area contributed by atoms with Crippen molar-refractivity contribution in [2.75, 3.05) is 37.6 Å². The highest BCUT2D eigenvalue weighted by atomic mass is 79.9. The maximum absolute atomic E-state index is 13.5. The van der Waals surface area contributed by atoms with Crippen LogP contribution in [0.1, 0.15) is 0 Å². The highest BCUT2D eigenvalue weighted by molar-refractivity contribution is 9.10. The minimum absolute atomic E-state index is 0.170. The van der Waals surface area contributed by atoms with Crippen molar-refractivity contribution in [2.24, 2.45) is 5.73 Å². The SMILES string of the molecule is NC(=O)CN1CCN(c2cc(Br)c(F)cc2[N+](=O)[O-])CC1. The Morgan fingerprint density at radius 1 is 1.38 bits per heavy atom. The van der Waals surface area contributed by atoms with Gasteiger partial charge in [-0.25, -0.2) is 4.39 Å². The Morgan fingerprint density at radius 3 is 2.52 bits per heavy atom. The molecule has 0 spiro atoms. The van der Waals surface area contributed by atoms with Gasteiger partial charge in [0.15, 0.2) is 0 Å². The fourth-order valence-corrected chi connectivity index (χ4v) is 2.62. The normalized spacial score (nSPS) is 16.0. The van der Waals surface area contributed by atoms with Crippen LogP contribution in [0.3, 0.4) is 0 Å². The number of hydrogen-bond acceptors (Lipinski definition) is 5. The van der Waals surface area contributed by atoms with Crippen LogP contribution >= 0.6 is 15.9 Å². The van der Waals surface area contributed by atoms with Crippen LogP contribution in [-0.4, -0.2) is 48.5 Å². The number of carbonyl (C=O) groups excluding carboxylic acids is 1. The summed E-state index contributed by atoms with van der Waals surface area (Å²) in [4.78, 5) is 25.0. The third-order valence-electron chi connectivity index (χ3n) is 3.31. The summed E-state index contributed by atoms with van der Waals surface area (Å²) in [7, 11) is 0. The number of hydrogen-bond donors (Lipinski definition) is 1. The summed E-state index contributed by atoms with van der Waals surface area (Å²) >= 11 is 3.04. The van der Waals surface area contributed by atoms with Crippen LogP contribution in [0.15, 0.2) is 16.6 Å². The van der Waals surface area contributed by atoms with Crippen molar-refractivity contribution >= 4 is 33.2 Å². The average molecular weight is 361 g/mol. The molecule has 0 bridgehead atoms. The molecule has 0 aliphatic carbocycles. The number of piperazine rings is 1. The van der Waals surface area contributed by atoms with Gasteiger partial charge in [-0.1, -0.05) is 0 Å². The van der Waals surface area contributed by atoms with Crippen molar-refractivity contribution in [3.05, 3.63) is 32.5 Å². The molecular formula is C12H14BrFN4O3. The lowest BCUT2D eigenvalue weighted by Gasteiger charge is -2.35. The number of nitrogens with zero attached hydrogens (tertiary/aromatic N) is 3. The van der Waals surface area contributed by atoms with Gasteiger partial charge in [0.05, 0.1) is 22.0 Å². The first-order valence-corrected chi connectivity index (χ1v) is 7.07. The van der Waals surface area contributed by atoms with Gasteiger partial charge in [0.25, 0.3) is 5.69 Å². The predicted molar refractivity (Wildman–Crippen MR) is 78.6 cm³/mol. The third-order valence-corrected chi connectivity index (χ3v) is 3.91. The third kappa shape index (κ3) is 3.67. The Kier molecular flexibility index (Phi) is 4.73. The molecule has 1 aliphatic heterocycles. The van der Waals surface area contributed by atoms with Gasteiger partial charge in [-0.3, -0.25) is 19.8 Å². The van der Waals surface area contributed by atoms with E-state index in [1.54, 1.807) is 4.90 Å². The first-order chi connectivity index (χ1) is 9.88. The molecule has 0 saturated carbocycles. The van der Waals surface area contributed by atoms with Crippen molar-refractivity contribution < 1.29 is 14.1 Å². The van der Waals surface area contributed by atoms with E-state index in [1.165, 1.54) is 6.07 Å². The van der Waals surface area contributed by atoms with Crippen LogP contribution < -0.4 is 10.6 Å². The molecule has 114 valence electrons. The monoisotopic (exact) mass is 360 g/mol. The molecule has 1 aromatic carbocycles. The van der Waals surface area contributed by atoms with Gasteiger partial charge in [0.1, 0.15) is 11.5 Å². The number of nitro benzene ring substituents is 1. The topological polar surface area (TPSA) is 92.7 Å². The standard InChI is InChI=1S/C12H14BrFN4O3/c13-8-5-10(11(18(20)21)6-9(8)14)17-3-1-16(2-4-17)7-12(15)19/h5-6H,1-4,7H2,(H2,15,19). The molecule has 21 heavy (non-hydrogen) atoms. The number of primary amides is 1. The number of benzene rings is 1. The van der Waals surface area contributed by atoms with Crippen molar-refractivity contribution in [2.45, 2.75) is 0 Å². The summed E-state index contributed by atoms with van der Waals surface area (Å²) in [5.41, 5.74) is 5.24. The summed E-state index contributed by atoms with van der Waals surface area (Å²) in [5, 5.41) is 11.1. The summed E-state index contributed by atoms with van der Waals surface area (Å²) in [6.07, 6.45) is 0. The molecule has 0 radical (unpaired) electrons. The Labute approximate surface area is 128 Å². The lowest BCUT2D eigenvalue weighted by atomic mass is 10.2. The number of anilines is 1. The van der Waals surface area contributed by atoms with Crippen LogP contribution in [0.2, 0.25) is 0 Å². The van der Waals surface area contributed by atoms with Crippen LogP contribution in [0.25, 0.3) is 0 Å². The summed E-state index contributed by atoms with van der Waals surface area (Å²) in [6.45, 7) is 2.31. The molecular weight excluding hydrogens is 347 g/mol. The minimum Gasteiger partial charge on any atom is -0.369 e. The molecule has 1 aliphatic rings.